The Morgan fingerprint density at radius 1 is 1.25 bits per heavy atom. The maximum absolute atomic E-state index is 12.2. The summed E-state index contributed by atoms with van der Waals surface area (Å²) in [7, 11) is 0. The zero-order valence-electron chi connectivity index (χ0n) is 11.1. The first kappa shape index (κ1) is 11.6. The SMILES string of the molecule is O=C(Nc1nncn1-c1ccccc1)C1CC1C1CC1. The summed E-state index contributed by atoms with van der Waals surface area (Å²) < 4.78 is 1.80. The number of nitrogens with zero attached hydrogens (tertiary/aromatic N) is 3. The van der Waals surface area contributed by atoms with Gasteiger partial charge in [0.2, 0.25) is 11.9 Å². The van der Waals surface area contributed by atoms with E-state index in [9.17, 15) is 4.79 Å². The molecule has 1 aromatic carbocycles. The second-order valence-electron chi connectivity index (χ2n) is 5.69. The van der Waals surface area contributed by atoms with Crippen LogP contribution >= 0.6 is 0 Å². The van der Waals surface area contributed by atoms with E-state index in [0.717, 1.165) is 18.0 Å². The molecule has 0 bridgehead atoms. The van der Waals surface area contributed by atoms with E-state index in [0.29, 0.717) is 11.9 Å². The molecular weight excluding hydrogens is 252 g/mol. The van der Waals surface area contributed by atoms with Crippen molar-refractivity contribution < 1.29 is 4.79 Å². The van der Waals surface area contributed by atoms with Crippen LogP contribution in [-0.4, -0.2) is 20.7 Å². The first-order valence-corrected chi connectivity index (χ1v) is 7.09. The third-order valence-corrected chi connectivity index (χ3v) is 4.22. The third kappa shape index (κ3) is 2.09. The molecule has 1 aromatic heterocycles. The molecular formula is C15H16N4O. The Labute approximate surface area is 117 Å². The summed E-state index contributed by atoms with van der Waals surface area (Å²) in [6, 6.07) is 9.78. The molecule has 1 N–H and O–H groups in total. The van der Waals surface area contributed by atoms with E-state index < -0.39 is 0 Å². The molecule has 1 amide bonds. The monoisotopic (exact) mass is 268 g/mol. The molecule has 5 nitrogen and oxygen atoms in total. The Balaban J connectivity index is 1.49. The van der Waals surface area contributed by atoms with Gasteiger partial charge in [-0.15, -0.1) is 10.2 Å². The third-order valence-electron chi connectivity index (χ3n) is 4.22. The fourth-order valence-corrected chi connectivity index (χ4v) is 2.86. The molecule has 2 aliphatic rings. The normalized spacial score (nSPS) is 24.4. The van der Waals surface area contributed by atoms with Crippen molar-refractivity contribution in [1.82, 2.24) is 14.8 Å². The summed E-state index contributed by atoms with van der Waals surface area (Å²) in [6.07, 6.45) is 5.26. The predicted octanol–water partition coefficient (Wildman–Crippen LogP) is 2.25. The molecule has 2 aromatic rings. The van der Waals surface area contributed by atoms with Gasteiger partial charge in [0.15, 0.2) is 0 Å². The van der Waals surface area contributed by atoms with E-state index in [-0.39, 0.29) is 11.8 Å². The number of nitrogens with one attached hydrogen (secondary N) is 1. The van der Waals surface area contributed by atoms with Crippen LogP contribution in [0.4, 0.5) is 5.95 Å². The molecule has 0 spiro atoms. The molecule has 5 heteroatoms. The second kappa shape index (κ2) is 4.44. The van der Waals surface area contributed by atoms with Gasteiger partial charge in [0.05, 0.1) is 5.69 Å². The molecule has 2 atom stereocenters. The van der Waals surface area contributed by atoms with Crippen LogP contribution in [-0.2, 0) is 4.79 Å². The largest absolute Gasteiger partial charge is 0.294 e. The number of carbonyl (C=O) groups excluding carboxylic acids is 1. The smallest absolute Gasteiger partial charge is 0.235 e. The zero-order valence-corrected chi connectivity index (χ0v) is 11.1. The molecule has 1 heterocycles. The predicted molar refractivity (Wildman–Crippen MR) is 74.3 cm³/mol. The van der Waals surface area contributed by atoms with Crippen LogP contribution in [0.2, 0.25) is 0 Å². The molecule has 0 saturated heterocycles. The number of hydrogen-bond donors (Lipinski definition) is 1. The summed E-state index contributed by atoms with van der Waals surface area (Å²) in [5.74, 6) is 2.19. The fraction of sp³-hybridized carbons (Fsp3) is 0.400. The quantitative estimate of drug-likeness (QED) is 0.925. The van der Waals surface area contributed by atoms with Gasteiger partial charge < -0.3 is 0 Å². The Morgan fingerprint density at radius 3 is 2.80 bits per heavy atom. The average molecular weight is 268 g/mol. The van der Waals surface area contributed by atoms with E-state index in [1.54, 1.807) is 10.9 Å². The highest BCUT2D eigenvalue weighted by molar-refractivity contribution is 5.93. The standard InChI is InChI=1S/C15H16N4O/c20-14(13-8-12(13)10-6-7-10)17-15-18-16-9-19(15)11-4-2-1-3-5-11/h1-5,9-10,12-13H,6-8H2,(H,17,18,20). The van der Waals surface area contributed by atoms with E-state index in [1.165, 1.54) is 12.8 Å². The lowest BCUT2D eigenvalue weighted by molar-refractivity contribution is -0.117. The molecule has 0 aliphatic heterocycles. The van der Waals surface area contributed by atoms with Crippen molar-refractivity contribution in [2.45, 2.75) is 19.3 Å². The molecule has 2 aliphatic carbocycles. The van der Waals surface area contributed by atoms with E-state index in [1.807, 2.05) is 30.3 Å². The first-order valence-electron chi connectivity index (χ1n) is 7.09. The van der Waals surface area contributed by atoms with Crippen molar-refractivity contribution >= 4 is 11.9 Å². The fourth-order valence-electron chi connectivity index (χ4n) is 2.86. The summed E-state index contributed by atoms with van der Waals surface area (Å²) in [5.41, 5.74) is 0.947. The molecule has 0 radical (unpaired) electrons. The van der Waals surface area contributed by atoms with Gasteiger partial charge in [0.1, 0.15) is 6.33 Å². The summed E-state index contributed by atoms with van der Waals surface area (Å²) in [5, 5.41) is 10.8. The molecule has 20 heavy (non-hydrogen) atoms. The van der Waals surface area contributed by atoms with Gasteiger partial charge in [0.25, 0.3) is 0 Å². The minimum Gasteiger partial charge on any atom is -0.294 e. The van der Waals surface area contributed by atoms with Gasteiger partial charge in [-0.05, 0) is 43.2 Å². The van der Waals surface area contributed by atoms with Crippen molar-refractivity contribution in [2.75, 3.05) is 5.32 Å². The van der Waals surface area contributed by atoms with E-state index in [2.05, 4.69) is 15.5 Å². The lowest BCUT2D eigenvalue weighted by Gasteiger charge is -2.07. The number of rotatable bonds is 4. The van der Waals surface area contributed by atoms with Gasteiger partial charge >= 0.3 is 0 Å². The van der Waals surface area contributed by atoms with Gasteiger partial charge in [-0.1, -0.05) is 18.2 Å². The maximum atomic E-state index is 12.2. The summed E-state index contributed by atoms with van der Waals surface area (Å²) >= 11 is 0. The average Bonchev–Trinajstić information content (AvgIpc) is 3.36. The van der Waals surface area contributed by atoms with Crippen LogP contribution in [0.5, 0.6) is 0 Å². The lowest BCUT2D eigenvalue weighted by Crippen LogP contribution is -2.18. The Bertz CT molecular complexity index is 632. The highest BCUT2D eigenvalue weighted by Gasteiger charge is 2.51. The molecule has 2 saturated carbocycles. The van der Waals surface area contributed by atoms with Crippen LogP contribution in [0.25, 0.3) is 5.69 Å². The summed E-state index contributed by atoms with van der Waals surface area (Å²) in [6.45, 7) is 0. The maximum Gasteiger partial charge on any atom is 0.235 e. The molecule has 2 unspecified atom stereocenters. The highest BCUT2D eigenvalue weighted by Crippen LogP contribution is 2.54. The second-order valence-corrected chi connectivity index (χ2v) is 5.69. The van der Waals surface area contributed by atoms with Crippen molar-refractivity contribution in [3.8, 4) is 5.69 Å². The highest BCUT2D eigenvalue weighted by atomic mass is 16.2. The summed E-state index contributed by atoms with van der Waals surface area (Å²) in [4.78, 5) is 12.2. The van der Waals surface area contributed by atoms with E-state index in [4.69, 9.17) is 0 Å². The van der Waals surface area contributed by atoms with Crippen LogP contribution < -0.4 is 5.32 Å². The Hall–Kier alpha value is -2.17. The Kier molecular flexibility index (Phi) is 2.58. The van der Waals surface area contributed by atoms with E-state index >= 15 is 0 Å². The van der Waals surface area contributed by atoms with Crippen molar-refractivity contribution in [2.24, 2.45) is 17.8 Å². The number of benzene rings is 1. The zero-order chi connectivity index (χ0) is 13.5. The van der Waals surface area contributed by atoms with Crippen LogP contribution in [0, 0.1) is 17.8 Å². The molecule has 102 valence electrons. The molecule has 2 fully saturated rings. The minimum absolute atomic E-state index is 0.0899. The number of para-hydroxylation sites is 1. The molecule has 4 rings (SSSR count). The van der Waals surface area contributed by atoms with Crippen molar-refractivity contribution in [3.63, 3.8) is 0 Å². The topological polar surface area (TPSA) is 59.8 Å². The Morgan fingerprint density at radius 2 is 2.05 bits per heavy atom. The number of anilines is 1. The number of aromatic nitrogens is 3. The van der Waals surface area contributed by atoms with Crippen LogP contribution in [0.3, 0.4) is 0 Å². The van der Waals surface area contributed by atoms with Gasteiger partial charge in [-0.2, -0.15) is 0 Å². The van der Waals surface area contributed by atoms with Crippen molar-refractivity contribution in [1.29, 1.82) is 0 Å². The number of carbonyl (C=O) groups is 1. The van der Waals surface area contributed by atoms with Crippen LogP contribution in [0.1, 0.15) is 19.3 Å². The number of hydrogen-bond acceptors (Lipinski definition) is 3. The van der Waals surface area contributed by atoms with Crippen molar-refractivity contribution in [3.05, 3.63) is 36.7 Å². The lowest BCUT2D eigenvalue weighted by atomic mass is 10.2. The number of amides is 1. The van der Waals surface area contributed by atoms with Gasteiger partial charge in [-0.3, -0.25) is 14.7 Å². The minimum atomic E-state index is 0.0899. The first-order chi connectivity index (χ1) is 9.83. The van der Waals surface area contributed by atoms with Gasteiger partial charge in [0, 0.05) is 5.92 Å². The van der Waals surface area contributed by atoms with Crippen LogP contribution in [0.15, 0.2) is 36.7 Å². The van der Waals surface area contributed by atoms with Gasteiger partial charge in [-0.25, -0.2) is 0 Å².